The minimum Gasteiger partial charge on any atom is -0.491 e. The molecule has 1 aliphatic rings. The van der Waals surface area contributed by atoms with Gasteiger partial charge in [0.25, 0.3) is 0 Å². The first kappa shape index (κ1) is 24.2. The summed E-state index contributed by atoms with van der Waals surface area (Å²) in [5.74, 6) is 2.04. The van der Waals surface area contributed by atoms with Crippen LogP contribution in [0.5, 0.6) is 5.75 Å². The SMILES string of the molecule is CCCCc1ccc(N2CC(c3nc4ccccc4n3CCOc3cccc4ccccc34)CC2=O)cc1. The van der Waals surface area contributed by atoms with Gasteiger partial charge in [0, 0.05) is 30.0 Å². The first-order valence-corrected chi connectivity index (χ1v) is 13.7. The van der Waals surface area contributed by atoms with Gasteiger partial charge in [-0.3, -0.25) is 4.79 Å². The Morgan fingerprint density at radius 3 is 2.58 bits per heavy atom. The van der Waals surface area contributed by atoms with Crippen molar-refractivity contribution in [2.75, 3.05) is 18.1 Å². The number of anilines is 1. The van der Waals surface area contributed by atoms with Crippen molar-refractivity contribution in [2.24, 2.45) is 0 Å². The predicted octanol–water partition coefficient (Wildman–Crippen LogP) is 7.13. The Kier molecular flexibility index (Phi) is 6.82. The molecular formula is C33H33N3O2. The summed E-state index contributed by atoms with van der Waals surface area (Å²) in [5, 5.41) is 2.28. The molecule has 1 unspecified atom stereocenters. The lowest BCUT2D eigenvalue weighted by Crippen LogP contribution is -2.24. The molecule has 1 fully saturated rings. The van der Waals surface area contributed by atoms with E-state index in [9.17, 15) is 4.79 Å². The van der Waals surface area contributed by atoms with Crippen molar-refractivity contribution >= 4 is 33.4 Å². The lowest BCUT2D eigenvalue weighted by Gasteiger charge is -2.18. The molecule has 192 valence electrons. The van der Waals surface area contributed by atoms with Crippen LogP contribution in [0.3, 0.4) is 0 Å². The minimum absolute atomic E-state index is 0.0345. The molecule has 1 aromatic heterocycles. The topological polar surface area (TPSA) is 47.4 Å². The fourth-order valence-corrected chi connectivity index (χ4v) is 5.56. The Morgan fingerprint density at radius 2 is 1.71 bits per heavy atom. The molecule has 5 nitrogen and oxygen atoms in total. The van der Waals surface area contributed by atoms with E-state index in [-0.39, 0.29) is 11.8 Å². The van der Waals surface area contributed by atoms with Gasteiger partial charge < -0.3 is 14.2 Å². The molecule has 4 aromatic carbocycles. The van der Waals surface area contributed by atoms with E-state index in [1.807, 2.05) is 47.4 Å². The maximum absolute atomic E-state index is 13.1. The van der Waals surface area contributed by atoms with E-state index >= 15 is 0 Å². The predicted molar refractivity (Wildman–Crippen MR) is 154 cm³/mol. The van der Waals surface area contributed by atoms with E-state index < -0.39 is 0 Å². The molecule has 0 N–H and O–H groups in total. The van der Waals surface area contributed by atoms with E-state index in [1.165, 1.54) is 23.8 Å². The van der Waals surface area contributed by atoms with Gasteiger partial charge in [-0.05, 0) is 54.1 Å². The van der Waals surface area contributed by atoms with Crippen molar-refractivity contribution in [1.29, 1.82) is 0 Å². The molecule has 5 heteroatoms. The molecule has 1 amide bonds. The van der Waals surface area contributed by atoms with Crippen molar-refractivity contribution in [3.63, 3.8) is 0 Å². The molecule has 0 saturated carbocycles. The Hall–Kier alpha value is -4.12. The average Bonchev–Trinajstić information content (AvgIpc) is 3.53. The highest BCUT2D eigenvalue weighted by Crippen LogP contribution is 2.33. The molecule has 5 aromatic rings. The smallest absolute Gasteiger partial charge is 0.227 e. The average molecular weight is 504 g/mol. The van der Waals surface area contributed by atoms with Crippen molar-refractivity contribution in [1.82, 2.24) is 9.55 Å². The number of para-hydroxylation sites is 2. The lowest BCUT2D eigenvalue weighted by atomic mass is 10.1. The number of carbonyl (C=O) groups is 1. The maximum atomic E-state index is 13.1. The number of hydrogen-bond donors (Lipinski definition) is 0. The van der Waals surface area contributed by atoms with Crippen molar-refractivity contribution in [3.8, 4) is 5.75 Å². The van der Waals surface area contributed by atoms with Crippen LogP contribution in [0, 0.1) is 0 Å². The summed E-state index contributed by atoms with van der Waals surface area (Å²) in [6.45, 7) is 4.03. The van der Waals surface area contributed by atoms with E-state index in [0.717, 1.165) is 40.1 Å². The summed E-state index contributed by atoms with van der Waals surface area (Å²) < 4.78 is 8.53. The molecule has 2 heterocycles. The first-order chi connectivity index (χ1) is 18.7. The van der Waals surface area contributed by atoms with Crippen LogP contribution in [0.25, 0.3) is 21.8 Å². The lowest BCUT2D eigenvalue weighted by molar-refractivity contribution is -0.117. The fourth-order valence-electron chi connectivity index (χ4n) is 5.56. The Bertz CT molecular complexity index is 1570. The van der Waals surface area contributed by atoms with Crippen LogP contribution in [0.1, 0.15) is 43.5 Å². The van der Waals surface area contributed by atoms with Gasteiger partial charge in [-0.1, -0.05) is 74.0 Å². The van der Waals surface area contributed by atoms with Gasteiger partial charge in [0.15, 0.2) is 0 Å². The zero-order valence-electron chi connectivity index (χ0n) is 21.8. The quantitative estimate of drug-likeness (QED) is 0.215. The summed E-state index contributed by atoms with van der Waals surface area (Å²) in [4.78, 5) is 20.1. The molecule has 1 atom stereocenters. The molecular weight excluding hydrogens is 470 g/mol. The zero-order valence-corrected chi connectivity index (χ0v) is 21.8. The maximum Gasteiger partial charge on any atom is 0.227 e. The Morgan fingerprint density at radius 1 is 0.921 bits per heavy atom. The van der Waals surface area contributed by atoms with Crippen molar-refractivity contribution < 1.29 is 9.53 Å². The highest BCUT2D eigenvalue weighted by molar-refractivity contribution is 5.96. The van der Waals surface area contributed by atoms with E-state index in [1.54, 1.807) is 0 Å². The minimum atomic E-state index is 0.0345. The summed E-state index contributed by atoms with van der Waals surface area (Å²) in [5.41, 5.74) is 4.33. The van der Waals surface area contributed by atoms with Crippen LogP contribution in [0.15, 0.2) is 91.0 Å². The second-order valence-corrected chi connectivity index (χ2v) is 10.1. The third kappa shape index (κ3) is 4.76. The van der Waals surface area contributed by atoms with Crippen molar-refractivity contribution in [2.45, 2.75) is 45.1 Å². The van der Waals surface area contributed by atoms with Crippen LogP contribution < -0.4 is 9.64 Å². The fraction of sp³-hybridized carbons (Fsp3) is 0.273. The van der Waals surface area contributed by atoms with E-state index in [4.69, 9.17) is 9.72 Å². The molecule has 6 rings (SSSR count). The molecule has 1 aliphatic heterocycles. The highest BCUT2D eigenvalue weighted by atomic mass is 16.5. The van der Waals surface area contributed by atoms with Crippen LogP contribution in [-0.4, -0.2) is 28.6 Å². The summed E-state index contributed by atoms with van der Waals surface area (Å²) in [7, 11) is 0. The summed E-state index contributed by atoms with van der Waals surface area (Å²) in [6.07, 6.45) is 3.91. The number of amides is 1. The zero-order chi connectivity index (χ0) is 25.9. The second kappa shape index (κ2) is 10.7. The van der Waals surface area contributed by atoms with Crippen LogP contribution in [0.4, 0.5) is 5.69 Å². The Labute approximate surface area is 223 Å². The van der Waals surface area contributed by atoms with Gasteiger partial charge in [0.05, 0.1) is 17.6 Å². The number of rotatable bonds is 9. The molecule has 1 saturated heterocycles. The molecule has 0 radical (unpaired) electrons. The number of aryl methyl sites for hydroxylation is 1. The number of fused-ring (bicyclic) bond motifs is 2. The van der Waals surface area contributed by atoms with Gasteiger partial charge in [-0.15, -0.1) is 0 Å². The van der Waals surface area contributed by atoms with Gasteiger partial charge in [-0.2, -0.15) is 0 Å². The first-order valence-electron chi connectivity index (χ1n) is 13.7. The molecule has 0 bridgehead atoms. The molecule has 38 heavy (non-hydrogen) atoms. The van der Waals surface area contributed by atoms with Crippen LogP contribution >= 0.6 is 0 Å². The van der Waals surface area contributed by atoms with Crippen molar-refractivity contribution in [3.05, 3.63) is 102 Å². The van der Waals surface area contributed by atoms with E-state index in [0.29, 0.717) is 26.1 Å². The van der Waals surface area contributed by atoms with Gasteiger partial charge in [-0.25, -0.2) is 4.98 Å². The summed E-state index contributed by atoms with van der Waals surface area (Å²) >= 11 is 0. The number of aromatic nitrogens is 2. The second-order valence-electron chi connectivity index (χ2n) is 10.1. The van der Waals surface area contributed by atoms with Crippen LogP contribution in [-0.2, 0) is 17.8 Å². The van der Waals surface area contributed by atoms with E-state index in [2.05, 4.69) is 60.0 Å². The summed E-state index contributed by atoms with van der Waals surface area (Å²) in [6, 6.07) is 31.1. The largest absolute Gasteiger partial charge is 0.491 e. The number of carbonyl (C=O) groups excluding carboxylic acids is 1. The third-order valence-electron chi connectivity index (χ3n) is 7.56. The van der Waals surface area contributed by atoms with Gasteiger partial charge >= 0.3 is 0 Å². The number of benzene rings is 4. The molecule has 0 spiro atoms. The number of unbranched alkanes of at least 4 members (excludes halogenated alkanes) is 1. The third-order valence-corrected chi connectivity index (χ3v) is 7.56. The van der Waals surface area contributed by atoms with Crippen LogP contribution in [0.2, 0.25) is 0 Å². The highest BCUT2D eigenvalue weighted by Gasteiger charge is 2.34. The number of ether oxygens (including phenoxy) is 1. The standard InChI is InChI=1S/C33H33N3O2/c1-2-3-9-24-16-18-27(19-17-24)36-23-26(22-32(36)37)33-34-29-13-6-7-14-30(29)35(33)20-21-38-31-15-8-11-25-10-4-5-12-28(25)31/h4-8,10-19,26H,2-3,9,20-23H2,1H3. The van der Waals surface area contributed by atoms with Gasteiger partial charge in [0.2, 0.25) is 5.91 Å². The molecule has 0 aliphatic carbocycles. The number of hydrogen-bond acceptors (Lipinski definition) is 3. The number of nitrogens with zero attached hydrogens (tertiary/aromatic N) is 3. The van der Waals surface area contributed by atoms with Gasteiger partial charge in [0.1, 0.15) is 18.2 Å². The Balaban J connectivity index is 1.22. The number of imidazole rings is 1. The normalized spacial score (nSPS) is 15.6. The monoisotopic (exact) mass is 503 g/mol.